The van der Waals surface area contributed by atoms with E-state index in [-0.39, 0.29) is 0 Å². The second-order valence-electron chi connectivity index (χ2n) is 1.68. The number of hydrogen-bond acceptors (Lipinski definition) is 2. The van der Waals surface area contributed by atoms with E-state index in [1.807, 2.05) is 0 Å². The molecule has 1 fully saturated rings. The quantitative estimate of drug-likeness (QED) is 0.412. The third kappa shape index (κ3) is 1.23. The summed E-state index contributed by atoms with van der Waals surface area (Å²) in [6.45, 7) is 3.01. The highest BCUT2D eigenvalue weighted by Crippen LogP contribution is 1.77. The Bertz CT molecular complexity index is 73.8. The van der Waals surface area contributed by atoms with Crippen molar-refractivity contribution >= 4 is 0 Å². The van der Waals surface area contributed by atoms with Gasteiger partial charge in [-0.15, -0.1) is 0 Å². The Labute approximate surface area is 42.3 Å². The molecule has 0 radical (unpaired) electrons. The molecule has 0 amide bonds. The van der Waals surface area contributed by atoms with Gasteiger partial charge in [0.15, 0.2) is 0 Å². The number of piperazine rings is 1. The van der Waals surface area contributed by atoms with Gasteiger partial charge in [0, 0.05) is 9.67 Å². The first-order valence-electron chi connectivity index (χ1n) is 2.52. The maximum atomic E-state index is 10.3. The predicted molar refractivity (Wildman–Crippen MR) is 26.2 cm³/mol. The molecule has 40 valence electrons. The number of hydrogen-bond donors (Lipinski definition) is 1. The fraction of sp³-hybridized carbons (Fsp3) is 1.00. The first-order valence-corrected chi connectivity index (χ1v) is 2.52. The summed E-state index contributed by atoms with van der Waals surface area (Å²) >= 11 is 0. The van der Waals surface area contributed by atoms with E-state index in [0.717, 1.165) is 17.8 Å². The molecule has 3 nitrogen and oxygen atoms in total. The van der Waals surface area contributed by atoms with E-state index in [1.54, 1.807) is 0 Å². The van der Waals surface area contributed by atoms with Crippen LogP contribution in [0.5, 0.6) is 0 Å². The highest BCUT2D eigenvalue weighted by Gasteiger charge is 2.11. The van der Waals surface area contributed by atoms with E-state index in [1.165, 1.54) is 0 Å². The van der Waals surface area contributed by atoms with Gasteiger partial charge in [-0.1, -0.05) is 0 Å². The molecule has 1 aliphatic rings. The molecule has 0 bridgehead atoms. The van der Waals surface area contributed by atoms with Crippen molar-refractivity contribution in [2.24, 2.45) is 0 Å². The van der Waals surface area contributed by atoms with Crippen molar-refractivity contribution in [1.29, 1.82) is 0 Å². The van der Waals surface area contributed by atoms with E-state index < -0.39 is 0 Å². The van der Waals surface area contributed by atoms with Crippen LogP contribution in [-0.2, 0) is 0 Å². The molecule has 7 heavy (non-hydrogen) atoms. The van der Waals surface area contributed by atoms with Gasteiger partial charge in [-0.3, -0.25) is 0 Å². The van der Waals surface area contributed by atoms with Gasteiger partial charge in [-0.05, 0) is 0 Å². The fourth-order valence-corrected chi connectivity index (χ4v) is 0.644. The van der Waals surface area contributed by atoms with Gasteiger partial charge in [0.2, 0.25) is 13.1 Å². The molecule has 0 aromatic heterocycles. The van der Waals surface area contributed by atoms with Crippen LogP contribution in [0.3, 0.4) is 0 Å². The van der Waals surface area contributed by atoms with Crippen LogP contribution in [0.15, 0.2) is 0 Å². The minimum atomic E-state index is 0.653. The van der Waals surface area contributed by atoms with Crippen LogP contribution in [0, 0.1) is 4.91 Å². The molecule has 0 aromatic carbocycles. The van der Waals surface area contributed by atoms with Gasteiger partial charge >= 0.3 is 0 Å². The van der Waals surface area contributed by atoms with Crippen LogP contribution < -0.4 is 5.32 Å². The molecule has 1 saturated heterocycles. The molecule has 1 rings (SSSR count). The summed E-state index contributed by atoms with van der Waals surface area (Å²) in [4.78, 5) is 10.3. The van der Waals surface area contributed by atoms with Crippen molar-refractivity contribution in [1.82, 2.24) is 5.32 Å². The lowest BCUT2D eigenvalue weighted by Crippen LogP contribution is -2.36. The van der Waals surface area contributed by atoms with Gasteiger partial charge in [0.25, 0.3) is 0 Å². The number of nitrogens with zero attached hydrogens (tertiary/aromatic N) is 1. The highest BCUT2D eigenvalue weighted by atomic mass is 16.3. The highest BCUT2D eigenvalue weighted by molar-refractivity contribution is 4.47. The smallest absolute Gasteiger partial charge is 0.204 e. The lowest BCUT2D eigenvalue weighted by molar-refractivity contribution is -0.552. The van der Waals surface area contributed by atoms with Gasteiger partial charge < -0.3 is 5.32 Å². The Kier molecular flexibility index (Phi) is 1.36. The third-order valence-corrected chi connectivity index (χ3v) is 1.08. The lowest BCUT2D eigenvalue weighted by atomic mass is 10.4. The fourth-order valence-electron chi connectivity index (χ4n) is 0.644. The normalized spacial score (nSPS) is 22.6. The zero-order valence-electron chi connectivity index (χ0n) is 4.18. The van der Waals surface area contributed by atoms with E-state index in [0.29, 0.717) is 13.1 Å². The Hall–Kier alpha value is -0.440. The maximum Gasteiger partial charge on any atom is 0.204 e. The van der Waals surface area contributed by atoms with Crippen molar-refractivity contribution in [3.8, 4) is 0 Å². The maximum absolute atomic E-state index is 10.3. The van der Waals surface area contributed by atoms with Crippen LogP contribution in [0.25, 0.3) is 0 Å². The zero-order chi connectivity index (χ0) is 5.11. The van der Waals surface area contributed by atoms with Gasteiger partial charge in [-0.25, -0.2) is 0 Å². The van der Waals surface area contributed by atoms with E-state index in [4.69, 9.17) is 0 Å². The van der Waals surface area contributed by atoms with Gasteiger partial charge in [-0.2, -0.15) is 0 Å². The minimum Gasteiger partial charge on any atom is -0.305 e. The monoisotopic (exact) mass is 101 g/mol. The molecule has 0 unspecified atom stereocenters. The molecule has 0 saturated carbocycles. The molecule has 0 atom stereocenters. The number of rotatable bonds is 0. The SMILES string of the molecule is O=[N+]1CCNCC1. The number of nitroso groups, excluding NO2 is 1. The molecule has 0 aromatic rings. The van der Waals surface area contributed by atoms with Crippen molar-refractivity contribution in [2.45, 2.75) is 0 Å². The topological polar surface area (TPSA) is 32.1 Å². The van der Waals surface area contributed by atoms with E-state index >= 15 is 0 Å². The average Bonchev–Trinajstić information content (AvgIpc) is 1.69. The molecular formula is C4H9N2O+. The summed E-state index contributed by atoms with van der Waals surface area (Å²) in [7, 11) is 0. The Morgan fingerprint density at radius 1 is 1.29 bits per heavy atom. The predicted octanol–water partition coefficient (Wildman–Crippen LogP) is -0.632. The summed E-state index contributed by atoms with van der Waals surface area (Å²) < 4.78 is 1.08. The Morgan fingerprint density at radius 2 is 1.86 bits per heavy atom. The van der Waals surface area contributed by atoms with Crippen LogP contribution in [0.4, 0.5) is 0 Å². The number of nitrogens with one attached hydrogen (secondary N) is 1. The van der Waals surface area contributed by atoms with Crippen LogP contribution >= 0.6 is 0 Å². The molecule has 0 spiro atoms. The standard InChI is InChI=1S/C4H9N2O/c7-6-3-1-5-2-4-6/h5H,1-4H2/q+1. The van der Waals surface area contributed by atoms with Gasteiger partial charge in [0.1, 0.15) is 0 Å². The van der Waals surface area contributed by atoms with Crippen LogP contribution in [0.2, 0.25) is 0 Å². The molecule has 3 heteroatoms. The van der Waals surface area contributed by atoms with Crippen molar-refractivity contribution in [2.75, 3.05) is 26.2 Å². The van der Waals surface area contributed by atoms with E-state index in [2.05, 4.69) is 5.32 Å². The van der Waals surface area contributed by atoms with Crippen molar-refractivity contribution < 1.29 is 4.76 Å². The molecule has 1 N–H and O–H groups in total. The summed E-state index contributed by atoms with van der Waals surface area (Å²) in [6, 6.07) is 0. The minimum absolute atomic E-state index is 0.653. The first-order chi connectivity index (χ1) is 3.39. The summed E-state index contributed by atoms with van der Waals surface area (Å²) in [6.07, 6.45) is 0. The lowest BCUT2D eigenvalue weighted by Gasteiger charge is -2.02. The van der Waals surface area contributed by atoms with Crippen LogP contribution in [-0.4, -0.2) is 30.9 Å². The summed E-state index contributed by atoms with van der Waals surface area (Å²) in [5.74, 6) is 0. The molecule has 1 heterocycles. The summed E-state index contributed by atoms with van der Waals surface area (Å²) in [5, 5.41) is 3.07. The third-order valence-electron chi connectivity index (χ3n) is 1.08. The molecule has 0 aliphatic carbocycles. The van der Waals surface area contributed by atoms with Crippen LogP contribution in [0.1, 0.15) is 0 Å². The summed E-state index contributed by atoms with van der Waals surface area (Å²) in [5.41, 5.74) is 0. The Morgan fingerprint density at radius 3 is 2.14 bits per heavy atom. The second kappa shape index (κ2) is 2.02. The van der Waals surface area contributed by atoms with Gasteiger partial charge in [0.05, 0.1) is 13.1 Å². The first kappa shape index (κ1) is 4.71. The second-order valence-corrected chi connectivity index (χ2v) is 1.68. The van der Waals surface area contributed by atoms with E-state index in [9.17, 15) is 4.91 Å². The molecular weight excluding hydrogens is 92.1 g/mol. The Balaban J connectivity index is 2.25. The van der Waals surface area contributed by atoms with Crippen molar-refractivity contribution in [3.05, 3.63) is 4.91 Å². The average molecular weight is 101 g/mol. The molecule has 1 aliphatic heterocycles. The largest absolute Gasteiger partial charge is 0.305 e. The van der Waals surface area contributed by atoms with Crippen molar-refractivity contribution in [3.63, 3.8) is 0 Å². The zero-order valence-corrected chi connectivity index (χ0v) is 4.18.